The minimum atomic E-state index is -0.573. The van der Waals surface area contributed by atoms with E-state index in [1.165, 1.54) is 0 Å². The molecular weight excluding hydrogens is 130 g/mol. The molecule has 1 amide bonds. The zero-order valence-corrected chi connectivity index (χ0v) is 5.66. The van der Waals surface area contributed by atoms with Crippen molar-refractivity contribution in [1.29, 1.82) is 0 Å². The molecule has 1 heterocycles. The summed E-state index contributed by atoms with van der Waals surface area (Å²) in [5.74, 6) is 0. The van der Waals surface area contributed by atoms with Crippen molar-refractivity contribution in [3.8, 4) is 0 Å². The molecule has 1 rings (SSSR count). The third kappa shape index (κ3) is 1.15. The Kier molecular flexibility index (Phi) is 1.71. The molecule has 1 radical (unpaired) electrons. The lowest BCUT2D eigenvalue weighted by Crippen LogP contribution is -2.19. The Balaban J connectivity index is 2.88. The van der Waals surface area contributed by atoms with Gasteiger partial charge in [-0.05, 0) is 6.42 Å². The standard InChI is InChI=1S/C6H8N3O/c1-2-5-3-8-9(4-5)6(7)10/h4H,2H2,1H3,(H2,7,10). The summed E-state index contributed by atoms with van der Waals surface area (Å²) in [7, 11) is 0. The van der Waals surface area contributed by atoms with Crippen molar-refractivity contribution < 1.29 is 4.79 Å². The molecule has 0 saturated heterocycles. The fraction of sp³-hybridized carbons (Fsp3) is 0.333. The van der Waals surface area contributed by atoms with Crippen LogP contribution in [0.3, 0.4) is 0 Å². The Bertz CT molecular complexity index is 241. The number of hydrogen-bond acceptors (Lipinski definition) is 2. The highest BCUT2D eigenvalue weighted by molar-refractivity contribution is 5.73. The van der Waals surface area contributed by atoms with Crippen LogP contribution in [-0.2, 0) is 6.42 Å². The Labute approximate surface area is 58.6 Å². The van der Waals surface area contributed by atoms with Crippen LogP contribution in [0.1, 0.15) is 12.5 Å². The fourth-order valence-electron chi connectivity index (χ4n) is 0.607. The number of carbonyl (C=O) groups is 1. The second kappa shape index (κ2) is 2.51. The monoisotopic (exact) mass is 138 g/mol. The molecule has 0 saturated carbocycles. The largest absolute Gasteiger partial charge is 0.350 e. The summed E-state index contributed by atoms with van der Waals surface area (Å²) in [5.41, 5.74) is 5.81. The van der Waals surface area contributed by atoms with Crippen molar-refractivity contribution in [2.75, 3.05) is 0 Å². The topological polar surface area (TPSA) is 60.9 Å². The lowest BCUT2D eigenvalue weighted by molar-refractivity contribution is 0.247. The predicted molar refractivity (Wildman–Crippen MR) is 35.4 cm³/mol. The number of carbonyl (C=O) groups excluding carboxylic acids is 1. The molecular formula is C6H8N3O. The first-order chi connectivity index (χ1) is 4.74. The Hall–Kier alpha value is -1.32. The number of nitrogens with zero attached hydrogens (tertiary/aromatic N) is 2. The molecule has 0 aromatic carbocycles. The molecule has 0 aliphatic heterocycles. The molecule has 0 unspecified atom stereocenters. The van der Waals surface area contributed by atoms with E-state index >= 15 is 0 Å². The number of primary amides is 1. The van der Waals surface area contributed by atoms with Gasteiger partial charge in [0.05, 0.1) is 0 Å². The molecule has 0 fully saturated rings. The van der Waals surface area contributed by atoms with Crippen molar-refractivity contribution in [1.82, 2.24) is 9.78 Å². The SMILES string of the molecule is CCc1[c]nn(C(N)=O)c1. The number of amides is 1. The molecule has 0 aliphatic carbocycles. The van der Waals surface area contributed by atoms with Gasteiger partial charge in [0.25, 0.3) is 0 Å². The van der Waals surface area contributed by atoms with Crippen LogP contribution in [0.4, 0.5) is 4.79 Å². The van der Waals surface area contributed by atoms with Gasteiger partial charge < -0.3 is 5.73 Å². The maximum absolute atomic E-state index is 10.4. The van der Waals surface area contributed by atoms with Gasteiger partial charge in [0, 0.05) is 11.8 Å². The van der Waals surface area contributed by atoms with Crippen LogP contribution < -0.4 is 5.73 Å². The fourth-order valence-corrected chi connectivity index (χ4v) is 0.607. The Morgan fingerprint density at radius 3 is 3.00 bits per heavy atom. The lowest BCUT2D eigenvalue weighted by Gasteiger charge is -1.88. The number of aromatic nitrogens is 2. The highest BCUT2D eigenvalue weighted by atomic mass is 16.2. The summed E-state index contributed by atoms with van der Waals surface area (Å²) in [6.45, 7) is 1.96. The number of rotatable bonds is 1. The van der Waals surface area contributed by atoms with Gasteiger partial charge in [-0.1, -0.05) is 6.92 Å². The number of hydrogen-bond donors (Lipinski definition) is 1. The highest BCUT2D eigenvalue weighted by Crippen LogP contribution is 1.95. The van der Waals surface area contributed by atoms with Gasteiger partial charge in [0.15, 0.2) is 0 Å². The molecule has 1 aromatic heterocycles. The van der Waals surface area contributed by atoms with Gasteiger partial charge in [0.1, 0.15) is 6.20 Å². The van der Waals surface area contributed by atoms with E-state index in [9.17, 15) is 4.79 Å². The van der Waals surface area contributed by atoms with Crippen LogP contribution in [0, 0.1) is 6.20 Å². The van der Waals surface area contributed by atoms with E-state index in [1.54, 1.807) is 6.20 Å². The molecule has 2 N–H and O–H groups in total. The molecule has 0 aliphatic rings. The van der Waals surface area contributed by atoms with Gasteiger partial charge in [-0.3, -0.25) is 0 Å². The number of aryl methyl sites for hydroxylation is 1. The van der Waals surface area contributed by atoms with Crippen LogP contribution in [0.25, 0.3) is 0 Å². The quantitative estimate of drug-likeness (QED) is 0.601. The average Bonchev–Trinajstić information content (AvgIpc) is 2.34. The summed E-state index contributed by atoms with van der Waals surface area (Å²) in [4.78, 5) is 10.4. The molecule has 0 bridgehead atoms. The molecule has 53 valence electrons. The first kappa shape index (κ1) is 6.80. The summed E-state index contributed by atoms with van der Waals surface area (Å²) in [5, 5.41) is 3.60. The summed E-state index contributed by atoms with van der Waals surface area (Å²) < 4.78 is 1.07. The van der Waals surface area contributed by atoms with Crippen LogP contribution in [0.2, 0.25) is 0 Å². The van der Waals surface area contributed by atoms with Crippen molar-refractivity contribution >= 4 is 6.03 Å². The van der Waals surface area contributed by atoms with Crippen LogP contribution in [0.15, 0.2) is 6.20 Å². The van der Waals surface area contributed by atoms with Crippen LogP contribution in [0.5, 0.6) is 0 Å². The summed E-state index contributed by atoms with van der Waals surface area (Å²) in [6, 6.07) is -0.573. The molecule has 4 heteroatoms. The molecule has 10 heavy (non-hydrogen) atoms. The minimum absolute atomic E-state index is 0.573. The maximum atomic E-state index is 10.4. The van der Waals surface area contributed by atoms with E-state index in [1.807, 2.05) is 6.92 Å². The lowest BCUT2D eigenvalue weighted by atomic mass is 10.3. The van der Waals surface area contributed by atoms with Crippen molar-refractivity contribution in [3.05, 3.63) is 18.0 Å². The zero-order valence-electron chi connectivity index (χ0n) is 5.66. The van der Waals surface area contributed by atoms with Crippen molar-refractivity contribution in [3.63, 3.8) is 0 Å². The third-order valence-corrected chi connectivity index (χ3v) is 1.19. The van der Waals surface area contributed by atoms with E-state index in [0.717, 1.165) is 16.7 Å². The van der Waals surface area contributed by atoms with Gasteiger partial charge in [-0.25, -0.2) is 4.79 Å². The van der Waals surface area contributed by atoms with Gasteiger partial charge >= 0.3 is 6.03 Å². The Morgan fingerprint density at radius 1 is 2.00 bits per heavy atom. The zero-order chi connectivity index (χ0) is 7.56. The molecule has 0 spiro atoms. The number of nitrogens with two attached hydrogens (primary N) is 1. The van der Waals surface area contributed by atoms with Crippen LogP contribution >= 0.6 is 0 Å². The highest BCUT2D eigenvalue weighted by Gasteiger charge is 1.99. The van der Waals surface area contributed by atoms with Gasteiger partial charge in [-0.2, -0.15) is 9.78 Å². The van der Waals surface area contributed by atoms with Crippen molar-refractivity contribution in [2.45, 2.75) is 13.3 Å². The van der Waals surface area contributed by atoms with Gasteiger partial charge in [0.2, 0.25) is 0 Å². The molecule has 0 atom stereocenters. The molecule has 4 nitrogen and oxygen atoms in total. The van der Waals surface area contributed by atoms with E-state index in [2.05, 4.69) is 11.3 Å². The smallest absolute Gasteiger partial charge is 0.339 e. The minimum Gasteiger partial charge on any atom is -0.350 e. The van der Waals surface area contributed by atoms with Gasteiger partial charge in [-0.15, -0.1) is 0 Å². The average molecular weight is 138 g/mol. The predicted octanol–water partition coefficient (Wildman–Crippen LogP) is 0.172. The van der Waals surface area contributed by atoms with E-state index < -0.39 is 6.03 Å². The second-order valence-electron chi connectivity index (χ2n) is 1.90. The van der Waals surface area contributed by atoms with E-state index in [4.69, 9.17) is 5.73 Å². The summed E-state index contributed by atoms with van der Waals surface area (Å²) in [6.07, 6.45) is 5.03. The Morgan fingerprint density at radius 2 is 2.70 bits per heavy atom. The molecule has 1 aromatic rings. The first-order valence-electron chi connectivity index (χ1n) is 3.00. The normalized spacial score (nSPS) is 9.70. The first-order valence-corrected chi connectivity index (χ1v) is 3.00. The van der Waals surface area contributed by atoms with Crippen LogP contribution in [-0.4, -0.2) is 15.8 Å². The van der Waals surface area contributed by atoms with E-state index in [-0.39, 0.29) is 0 Å². The summed E-state index contributed by atoms with van der Waals surface area (Å²) >= 11 is 0. The third-order valence-electron chi connectivity index (χ3n) is 1.19. The second-order valence-corrected chi connectivity index (χ2v) is 1.90. The maximum Gasteiger partial charge on any atom is 0.339 e. The van der Waals surface area contributed by atoms with Crippen molar-refractivity contribution in [2.24, 2.45) is 5.73 Å². The van der Waals surface area contributed by atoms with E-state index in [0.29, 0.717) is 0 Å².